The predicted molar refractivity (Wildman–Crippen MR) is 92.2 cm³/mol. The summed E-state index contributed by atoms with van der Waals surface area (Å²) in [7, 11) is 2.00. The van der Waals surface area contributed by atoms with Gasteiger partial charge in [0.25, 0.3) is 0 Å². The van der Waals surface area contributed by atoms with Gasteiger partial charge >= 0.3 is 0 Å². The zero-order chi connectivity index (χ0) is 16.9. The number of carbonyl (C=O) groups excluding carboxylic acids is 1. The molecule has 1 aliphatic rings. The molecule has 128 valence electrons. The number of benzene rings is 1. The average Bonchev–Trinajstić information content (AvgIpc) is 3.00. The van der Waals surface area contributed by atoms with Gasteiger partial charge in [-0.05, 0) is 24.3 Å². The van der Waals surface area contributed by atoms with E-state index in [0.29, 0.717) is 5.92 Å². The lowest BCUT2D eigenvalue weighted by Gasteiger charge is -2.33. The molecule has 0 aliphatic carbocycles. The molecule has 1 aromatic carbocycles. The van der Waals surface area contributed by atoms with Crippen molar-refractivity contribution in [2.75, 3.05) is 13.1 Å². The molecular formula is C19H25N3O2. The van der Waals surface area contributed by atoms with Crippen LogP contribution in [0.5, 0.6) is 0 Å². The standard InChI is InChI=1S/C19H25N3O2/c1-21-11-9-20-18(21)12-15-6-5-10-22(14-15)19(24)13-17(23)16-7-3-2-4-8-16/h2-4,7-9,11,15,17,23H,5-6,10,12-14H2,1H3. The highest BCUT2D eigenvalue weighted by Gasteiger charge is 2.26. The number of aromatic nitrogens is 2. The number of nitrogens with zero attached hydrogens (tertiary/aromatic N) is 3. The van der Waals surface area contributed by atoms with Crippen molar-refractivity contribution in [1.29, 1.82) is 0 Å². The Morgan fingerprint density at radius 3 is 2.88 bits per heavy atom. The molecule has 3 rings (SSSR count). The smallest absolute Gasteiger partial charge is 0.225 e. The quantitative estimate of drug-likeness (QED) is 0.917. The van der Waals surface area contributed by atoms with Crippen molar-refractivity contribution in [3.05, 3.63) is 54.1 Å². The van der Waals surface area contributed by atoms with E-state index in [1.165, 1.54) is 0 Å². The van der Waals surface area contributed by atoms with E-state index < -0.39 is 6.10 Å². The van der Waals surface area contributed by atoms with E-state index in [1.54, 1.807) is 0 Å². The van der Waals surface area contributed by atoms with Gasteiger partial charge in [-0.25, -0.2) is 4.98 Å². The Morgan fingerprint density at radius 2 is 2.17 bits per heavy atom. The number of piperidine rings is 1. The molecule has 1 fully saturated rings. The van der Waals surface area contributed by atoms with E-state index >= 15 is 0 Å². The molecule has 5 heteroatoms. The van der Waals surface area contributed by atoms with Crippen molar-refractivity contribution in [3.63, 3.8) is 0 Å². The molecule has 2 atom stereocenters. The molecule has 24 heavy (non-hydrogen) atoms. The van der Waals surface area contributed by atoms with Crippen molar-refractivity contribution in [1.82, 2.24) is 14.5 Å². The van der Waals surface area contributed by atoms with Crippen LogP contribution in [0.4, 0.5) is 0 Å². The maximum Gasteiger partial charge on any atom is 0.225 e. The number of likely N-dealkylation sites (tertiary alicyclic amines) is 1. The minimum atomic E-state index is -0.728. The fourth-order valence-electron chi connectivity index (χ4n) is 3.40. The second-order valence-electron chi connectivity index (χ2n) is 6.64. The van der Waals surface area contributed by atoms with Crippen molar-refractivity contribution in [2.45, 2.75) is 31.8 Å². The minimum absolute atomic E-state index is 0.0379. The Hall–Kier alpha value is -2.14. The van der Waals surface area contributed by atoms with E-state index in [0.717, 1.165) is 43.7 Å². The topological polar surface area (TPSA) is 58.4 Å². The number of hydrogen-bond donors (Lipinski definition) is 1. The Bertz CT molecular complexity index is 668. The predicted octanol–water partition coefficient (Wildman–Crippen LogP) is 2.32. The van der Waals surface area contributed by atoms with Gasteiger partial charge in [-0.1, -0.05) is 30.3 Å². The van der Waals surface area contributed by atoms with Gasteiger partial charge in [-0.3, -0.25) is 4.79 Å². The van der Waals surface area contributed by atoms with Gasteiger partial charge in [0.2, 0.25) is 5.91 Å². The van der Waals surface area contributed by atoms with Crippen molar-refractivity contribution < 1.29 is 9.90 Å². The Kier molecular flexibility index (Phi) is 5.30. The van der Waals surface area contributed by atoms with Crippen LogP contribution >= 0.6 is 0 Å². The summed E-state index contributed by atoms with van der Waals surface area (Å²) in [6.07, 6.45) is 6.23. The maximum absolute atomic E-state index is 12.5. The van der Waals surface area contributed by atoms with Gasteiger partial charge < -0.3 is 14.6 Å². The fraction of sp³-hybridized carbons (Fsp3) is 0.474. The number of aliphatic hydroxyl groups excluding tert-OH is 1. The SMILES string of the molecule is Cn1ccnc1CC1CCCN(C(=O)CC(O)c2ccccc2)C1. The zero-order valence-electron chi connectivity index (χ0n) is 14.1. The Balaban J connectivity index is 1.56. The molecule has 2 aromatic rings. The number of aryl methyl sites for hydroxylation is 1. The van der Waals surface area contributed by atoms with Gasteiger partial charge in [0.15, 0.2) is 0 Å². The summed E-state index contributed by atoms with van der Waals surface area (Å²) in [6.45, 7) is 1.55. The first-order chi connectivity index (χ1) is 11.6. The van der Waals surface area contributed by atoms with Crippen LogP contribution in [0.2, 0.25) is 0 Å². The number of amides is 1. The molecule has 1 aromatic heterocycles. The normalized spacial score (nSPS) is 19.2. The summed E-state index contributed by atoms with van der Waals surface area (Å²) in [4.78, 5) is 18.8. The van der Waals surface area contributed by atoms with Crippen LogP contribution in [0.3, 0.4) is 0 Å². The molecule has 2 heterocycles. The number of carbonyl (C=O) groups is 1. The number of rotatable bonds is 5. The third kappa shape index (κ3) is 4.03. The molecule has 2 unspecified atom stereocenters. The van der Waals surface area contributed by atoms with Crippen LogP contribution in [0.15, 0.2) is 42.7 Å². The highest BCUT2D eigenvalue weighted by atomic mass is 16.3. The molecule has 0 spiro atoms. The highest BCUT2D eigenvalue weighted by Crippen LogP contribution is 2.23. The zero-order valence-corrected chi connectivity index (χ0v) is 14.1. The monoisotopic (exact) mass is 327 g/mol. The molecule has 1 amide bonds. The number of aliphatic hydroxyl groups is 1. The van der Waals surface area contributed by atoms with Crippen molar-refractivity contribution >= 4 is 5.91 Å². The lowest BCUT2D eigenvalue weighted by Crippen LogP contribution is -2.41. The first kappa shape index (κ1) is 16.7. The van der Waals surface area contributed by atoms with Crippen molar-refractivity contribution in [2.24, 2.45) is 13.0 Å². The van der Waals surface area contributed by atoms with Gasteiger partial charge in [-0.2, -0.15) is 0 Å². The van der Waals surface area contributed by atoms with Crippen LogP contribution in [0.25, 0.3) is 0 Å². The second-order valence-corrected chi connectivity index (χ2v) is 6.64. The van der Waals surface area contributed by atoms with Crippen molar-refractivity contribution in [3.8, 4) is 0 Å². The fourth-order valence-corrected chi connectivity index (χ4v) is 3.40. The molecule has 1 N–H and O–H groups in total. The summed E-state index contributed by atoms with van der Waals surface area (Å²) < 4.78 is 2.04. The van der Waals surface area contributed by atoms with Gasteiger partial charge in [0.1, 0.15) is 5.82 Å². The molecule has 0 radical (unpaired) electrons. The third-order valence-electron chi connectivity index (χ3n) is 4.82. The van der Waals surface area contributed by atoms with E-state index in [4.69, 9.17) is 0 Å². The average molecular weight is 327 g/mol. The summed E-state index contributed by atoms with van der Waals surface area (Å²) >= 11 is 0. The molecular weight excluding hydrogens is 302 g/mol. The van der Waals surface area contributed by atoms with Gasteiger partial charge in [0, 0.05) is 39.0 Å². The third-order valence-corrected chi connectivity index (χ3v) is 4.82. The molecule has 1 saturated heterocycles. The lowest BCUT2D eigenvalue weighted by molar-refractivity contribution is -0.135. The number of imidazole rings is 1. The lowest BCUT2D eigenvalue weighted by atomic mass is 9.94. The van der Waals surface area contributed by atoms with Gasteiger partial charge in [0.05, 0.1) is 12.5 Å². The molecule has 0 saturated carbocycles. The summed E-state index contributed by atoms with van der Waals surface area (Å²) in [5.74, 6) is 1.55. The molecule has 0 bridgehead atoms. The summed E-state index contributed by atoms with van der Waals surface area (Å²) in [6, 6.07) is 9.39. The first-order valence-corrected chi connectivity index (χ1v) is 8.60. The minimum Gasteiger partial charge on any atom is -0.388 e. The second kappa shape index (κ2) is 7.62. The number of hydrogen-bond acceptors (Lipinski definition) is 3. The van der Waals surface area contributed by atoms with Crippen LogP contribution < -0.4 is 0 Å². The molecule has 5 nitrogen and oxygen atoms in total. The highest BCUT2D eigenvalue weighted by molar-refractivity contribution is 5.77. The molecule has 1 aliphatic heterocycles. The van der Waals surface area contributed by atoms with Crippen LogP contribution in [0.1, 0.15) is 36.8 Å². The van der Waals surface area contributed by atoms with E-state index in [2.05, 4.69) is 4.98 Å². The van der Waals surface area contributed by atoms with Crippen LogP contribution in [-0.4, -0.2) is 38.6 Å². The summed E-state index contributed by atoms with van der Waals surface area (Å²) in [5.41, 5.74) is 0.799. The van der Waals surface area contributed by atoms with Crippen LogP contribution in [0, 0.1) is 5.92 Å². The van der Waals surface area contributed by atoms with E-state index in [1.807, 2.05) is 59.2 Å². The maximum atomic E-state index is 12.5. The summed E-state index contributed by atoms with van der Waals surface area (Å²) in [5, 5.41) is 10.3. The Labute approximate surface area is 142 Å². The largest absolute Gasteiger partial charge is 0.388 e. The van der Waals surface area contributed by atoms with Crippen LogP contribution in [-0.2, 0) is 18.3 Å². The first-order valence-electron chi connectivity index (χ1n) is 8.60. The van der Waals surface area contributed by atoms with Gasteiger partial charge in [-0.15, -0.1) is 0 Å². The Morgan fingerprint density at radius 1 is 1.38 bits per heavy atom. The van der Waals surface area contributed by atoms with E-state index in [9.17, 15) is 9.90 Å². The van der Waals surface area contributed by atoms with E-state index in [-0.39, 0.29) is 12.3 Å².